The molecule has 1 aromatic rings. The summed E-state index contributed by atoms with van der Waals surface area (Å²) in [5, 5.41) is 19.0. The first-order valence-corrected chi connectivity index (χ1v) is 4.74. The molecule has 0 aliphatic heterocycles. The van der Waals surface area contributed by atoms with Crippen molar-refractivity contribution in [2.45, 2.75) is 19.2 Å². The van der Waals surface area contributed by atoms with Crippen molar-refractivity contribution in [2.75, 3.05) is 0 Å². The Hall–Kier alpha value is -2.51. The fourth-order valence-corrected chi connectivity index (χ4v) is 1.35. The van der Waals surface area contributed by atoms with E-state index in [4.69, 9.17) is 5.26 Å². The number of halogens is 5. The Morgan fingerprint density at radius 2 is 2.10 bits per heavy atom. The summed E-state index contributed by atoms with van der Waals surface area (Å²) in [5.41, 5.74) is -1.85. The van der Waals surface area contributed by atoms with Crippen molar-refractivity contribution < 1.29 is 31.6 Å². The Kier molecular flexibility index (Phi) is 4.38. The van der Waals surface area contributed by atoms with Gasteiger partial charge in [-0.15, -0.1) is 13.2 Å². The van der Waals surface area contributed by atoms with Crippen LogP contribution >= 0.6 is 0 Å². The number of rotatable bonds is 4. The zero-order chi connectivity index (χ0) is 15.5. The van der Waals surface area contributed by atoms with Crippen molar-refractivity contribution in [3.05, 3.63) is 27.3 Å². The van der Waals surface area contributed by atoms with Crippen LogP contribution in [0.25, 0.3) is 0 Å². The first-order valence-electron chi connectivity index (χ1n) is 4.74. The molecule has 0 spiro atoms. The van der Waals surface area contributed by atoms with Crippen LogP contribution in [-0.2, 0) is 6.42 Å². The van der Waals surface area contributed by atoms with E-state index in [1.807, 2.05) is 0 Å². The zero-order valence-corrected chi connectivity index (χ0v) is 9.32. The number of pyridine rings is 1. The minimum Gasteiger partial charge on any atom is -0.366 e. The average Bonchev–Trinajstić information content (AvgIpc) is 2.25. The van der Waals surface area contributed by atoms with Crippen molar-refractivity contribution in [2.24, 2.45) is 0 Å². The summed E-state index contributed by atoms with van der Waals surface area (Å²) in [6.07, 6.45) is -9.32. The van der Waals surface area contributed by atoms with Crippen LogP contribution in [0.1, 0.15) is 17.6 Å². The molecule has 0 saturated heterocycles. The predicted molar refractivity (Wildman–Crippen MR) is 51.8 cm³/mol. The second-order valence-corrected chi connectivity index (χ2v) is 3.30. The summed E-state index contributed by atoms with van der Waals surface area (Å²) in [5.74, 6) is -2.76. The molecular formula is C9H4F5N3O3. The standard InChI is InChI=1S/C9H4F5N3O3/c10-7(11)6-4(1-2-15)3-5(20-9(12,13)14)16-8(6)17(18)19/h3,7H,1H2. The van der Waals surface area contributed by atoms with Gasteiger partial charge in [0.2, 0.25) is 0 Å². The van der Waals surface area contributed by atoms with Gasteiger partial charge in [0.15, 0.2) is 0 Å². The molecule has 20 heavy (non-hydrogen) atoms. The van der Waals surface area contributed by atoms with Crippen molar-refractivity contribution in [3.63, 3.8) is 0 Å². The van der Waals surface area contributed by atoms with Gasteiger partial charge in [-0.1, -0.05) is 0 Å². The summed E-state index contributed by atoms with van der Waals surface area (Å²) in [6, 6.07) is 1.84. The van der Waals surface area contributed by atoms with Gasteiger partial charge in [-0.05, 0) is 10.5 Å². The van der Waals surface area contributed by atoms with Gasteiger partial charge in [0.1, 0.15) is 5.56 Å². The Balaban J connectivity index is 3.46. The predicted octanol–water partition coefficient (Wildman–Crippen LogP) is 2.89. The fourth-order valence-electron chi connectivity index (χ4n) is 1.35. The van der Waals surface area contributed by atoms with Gasteiger partial charge < -0.3 is 14.9 Å². The van der Waals surface area contributed by atoms with E-state index >= 15 is 0 Å². The van der Waals surface area contributed by atoms with Crippen LogP contribution in [0.4, 0.5) is 27.8 Å². The molecule has 1 heterocycles. The number of nitriles is 1. The van der Waals surface area contributed by atoms with Crippen LogP contribution in [0, 0.1) is 21.4 Å². The number of hydrogen-bond donors (Lipinski definition) is 0. The van der Waals surface area contributed by atoms with E-state index in [0.717, 1.165) is 0 Å². The minimum absolute atomic E-state index is 0.422. The van der Waals surface area contributed by atoms with Gasteiger partial charge in [0, 0.05) is 11.1 Å². The summed E-state index contributed by atoms with van der Waals surface area (Å²) in [7, 11) is 0. The topological polar surface area (TPSA) is 89.0 Å². The maximum atomic E-state index is 12.7. The van der Waals surface area contributed by atoms with Gasteiger partial charge in [0.05, 0.1) is 12.5 Å². The first kappa shape index (κ1) is 15.5. The lowest BCUT2D eigenvalue weighted by Crippen LogP contribution is -2.19. The molecule has 0 atom stereocenters. The fraction of sp³-hybridized carbons (Fsp3) is 0.333. The van der Waals surface area contributed by atoms with Crippen LogP contribution < -0.4 is 4.74 Å². The number of nitro groups is 1. The Bertz CT molecular complexity index is 567. The third-order valence-corrected chi connectivity index (χ3v) is 1.98. The highest BCUT2D eigenvalue weighted by molar-refractivity contribution is 5.45. The average molecular weight is 297 g/mol. The number of ether oxygens (including phenoxy) is 1. The maximum Gasteiger partial charge on any atom is 0.575 e. The minimum atomic E-state index is -5.20. The quantitative estimate of drug-likeness (QED) is 0.484. The van der Waals surface area contributed by atoms with Crippen molar-refractivity contribution in [1.29, 1.82) is 5.26 Å². The molecule has 0 aliphatic rings. The molecule has 0 aromatic carbocycles. The first-order chi connectivity index (χ1) is 9.15. The SMILES string of the molecule is N#CCc1cc(OC(F)(F)F)nc([N+](=O)[O-])c1C(F)F. The number of hydrogen-bond acceptors (Lipinski definition) is 5. The van der Waals surface area contributed by atoms with Crippen LogP contribution in [0.3, 0.4) is 0 Å². The van der Waals surface area contributed by atoms with Gasteiger partial charge >= 0.3 is 18.1 Å². The van der Waals surface area contributed by atoms with Gasteiger partial charge in [-0.2, -0.15) is 5.26 Å². The number of aromatic nitrogens is 1. The van der Waals surface area contributed by atoms with Crippen LogP contribution in [-0.4, -0.2) is 16.3 Å². The van der Waals surface area contributed by atoms with E-state index in [-0.39, 0.29) is 0 Å². The lowest BCUT2D eigenvalue weighted by molar-refractivity contribution is -0.391. The van der Waals surface area contributed by atoms with Gasteiger partial charge in [-0.25, -0.2) is 8.78 Å². The molecular weight excluding hydrogens is 293 g/mol. The monoisotopic (exact) mass is 297 g/mol. The Morgan fingerprint density at radius 3 is 2.50 bits per heavy atom. The molecule has 1 aromatic heterocycles. The van der Waals surface area contributed by atoms with Crippen molar-refractivity contribution in [3.8, 4) is 11.9 Å². The summed E-state index contributed by atoms with van der Waals surface area (Å²) >= 11 is 0. The van der Waals surface area contributed by atoms with Crippen LogP contribution in [0.15, 0.2) is 6.07 Å². The molecule has 0 bridgehead atoms. The molecule has 6 nitrogen and oxygen atoms in total. The van der Waals surface area contributed by atoms with Crippen molar-refractivity contribution in [1.82, 2.24) is 4.98 Å². The molecule has 0 saturated carbocycles. The van der Waals surface area contributed by atoms with E-state index in [1.54, 1.807) is 0 Å². The van der Waals surface area contributed by atoms with Crippen LogP contribution in [0.2, 0.25) is 0 Å². The summed E-state index contributed by atoms with van der Waals surface area (Å²) in [6.45, 7) is 0. The van der Waals surface area contributed by atoms with E-state index in [9.17, 15) is 32.1 Å². The molecule has 0 aliphatic carbocycles. The molecule has 0 fully saturated rings. The molecule has 11 heteroatoms. The zero-order valence-electron chi connectivity index (χ0n) is 9.32. The lowest BCUT2D eigenvalue weighted by atomic mass is 10.1. The number of alkyl halides is 5. The van der Waals surface area contributed by atoms with E-state index in [0.29, 0.717) is 6.07 Å². The van der Waals surface area contributed by atoms with E-state index < -0.39 is 47.0 Å². The lowest BCUT2D eigenvalue weighted by Gasteiger charge is -2.09. The highest BCUT2D eigenvalue weighted by atomic mass is 19.4. The summed E-state index contributed by atoms with van der Waals surface area (Å²) in [4.78, 5) is 12.0. The second-order valence-electron chi connectivity index (χ2n) is 3.30. The molecule has 0 radical (unpaired) electrons. The summed E-state index contributed by atoms with van der Waals surface area (Å²) < 4.78 is 64.8. The smallest absolute Gasteiger partial charge is 0.366 e. The Morgan fingerprint density at radius 1 is 1.50 bits per heavy atom. The maximum absolute atomic E-state index is 12.7. The number of nitrogens with zero attached hydrogens (tertiary/aromatic N) is 3. The Labute approximate surface area is 107 Å². The highest BCUT2D eigenvalue weighted by Gasteiger charge is 2.36. The van der Waals surface area contributed by atoms with Gasteiger partial charge in [0.25, 0.3) is 6.43 Å². The second kappa shape index (κ2) is 5.64. The molecule has 1 rings (SSSR count). The van der Waals surface area contributed by atoms with Crippen molar-refractivity contribution >= 4 is 5.82 Å². The van der Waals surface area contributed by atoms with Crippen LogP contribution in [0.5, 0.6) is 5.88 Å². The molecule has 0 amide bonds. The van der Waals surface area contributed by atoms with E-state index in [2.05, 4.69) is 9.72 Å². The molecule has 108 valence electrons. The van der Waals surface area contributed by atoms with E-state index in [1.165, 1.54) is 6.07 Å². The third-order valence-electron chi connectivity index (χ3n) is 1.98. The largest absolute Gasteiger partial charge is 0.575 e. The molecule has 0 unspecified atom stereocenters. The normalized spacial score (nSPS) is 11.2. The van der Waals surface area contributed by atoms with Gasteiger partial charge in [-0.3, -0.25) is 0 Å². The third kappa shape index (κ3) is 3.74. The molecule has 0 N–H and O–H groups in total. The highest BCUT2D eigenvalue weighted by Crippen LogP contribution is 2.34.